The third kappa shape index (κ3) is 4.97. The molecule has 164 valence electrons. The van der Waals surface area contributed by atoms with Crippen LogP contribution in [0.2, 0.25) is 0 Å². The summed E-state index contributed by atoms with van der Waals surface area (Å²) in [5.41, 5.74) is 4.22. The number of benzene rings is 1. The average molecular weight is 421 g/mol. The highest BCUT2D eigenvalue weighted by molar-refractivity contribution is 5.94. The van der Waals surface area contributed by atoms with Crippen LogP contribution in [0.15, 0.2) is 48.7 Å². The molecule has 0 saturated carbocycles. The minimum atomic E-state index is -0.586. The van der Waals surface area contributed by atoms with E-state index in [0.717, 1.165) is 48.4 Å². The van der Waals surface area contributed by atoms with Crippen molar-refractivity contribution < 1.29 is 9.90 Å². The summed E-state index contributed by atoms with van der Waals surface area (Å²) in [6.45, 7) is 4.64. The van der Waals surface area contributed by atoms with Crippen LogP contribution in [0.1, 0.15) is 59.1 Å². The van der Waals surface area contributed by atoms with Gasteiger partial charge in [0.15, 0.2) is 5.69 Å². The van der Waals surface area contributed by atoms with Crippen LogP contribution in [0.25, 0.3) is 5.65 Å². The summed E-state index contributed by atoms with van der Waals surface area (Å²) in [7, 11) is 1.97. The van der Waals surface area contributed by atoms with E-state index in [1.807, 2.05) is 71.9 Å². The molecule has 0 bridgehead atoms. The average Bonchev–Trinajstić information content (AvgIpc) is 2.93. The number of aliphatic hydroxyl groups excluding tert-OH is 1. The Bertz CT molecular complexity index is 1020. The number of rotatable bonds is 6. The molecule has 1 unspecified atom stereocenters. The lowest BCUT2D eigenvalue weighted by Gasteiger charge is -2.23. The van der Waals surface area contributed by atoms with E-state index in [0.29, 0.717) is 18.8 Å². The number of amides is 1. The summed E-state index contributed by atoms with van der Waals surface area (Å²) in [5.74, 6) is 0.0234. The lowest BCUT2D eigenvalue weighted by Crippen LogP contribution is -2.33. The quantitative estimate of drug-likeness (QED) is 0.659. The van der Waals surface area contributed by atoms with E-state index in [9.17, 15) is 9.90 Å². The van der Waals surface area contributed by atoms with E-state index >= 15 is 0 Å². The Morgan fingerprint density at radius 3 is 2.55 bits per heavy atom. The molecule has 3 heterocycles. The van der Waals surface area contributed by atoms with Crippen LogP contribution >= 0.6 is 0 Å². The minimum absolute atomic E-state index is 0.0234. The Morgan fingerprint density at radius 2 is 1.84 bits per heavy atom. The van der Waals surface area contributed by atoms with Crippen LogP contribution < -0.4 is 0 Å². The van der Waals surface area contributed by atoms with Crippen LogP contribution in [-0.2, 0) is 6.54 Å². The number of hydrogen-bond acceptors (Lipinski definition) is 4. The van der Waals surface area contributed by atoms with Gasteiger partial charge in [0.05, 0.1) is 11.8 Å². The predicted octanol–water partition coefficient (Wildman–Crippen LogP) is 3.82. The summed E-state index contributed by atoms with van der Waals surface area (Å²) in [6.07, 6.45) is 5.88. The van der Waals surface area contributed by atoms with Gasteiger partial charge in [0.1, 0.15) is 5.65 Å². The van der Waals surface area contributed by atoms with Gasteiger partial charge >= 0.3 is 0 Å². The number of imidazole rings is 1. The fourth-order valence-electron chi connectivity index (χ4n) is 4.34. The summed E-state index contributed by atoms with van der Waals surface area (Å²) in [5, 5.41) is 10.6. The molecule has 1 atom stereocenters. The van der Waals surface area contributed by atoms with Crippen LogP contribution in [0.3, 0.4) is 0 Å². The molecule has 1 fully saturated rings. The van der Waals surface area contributed by atoms with E-state index in [-0.39, 0.29) is 5.91 Å². The molecule has 6 heteroatoms. The molecule has 4 rings (SSSR count). The molecule has 1 saturated heterocycles. The highest BCUT2D eigenvalue weighted by Crippen LogP contribution is 2.21. The first-order valence-corrected chi connectivity index (χ1v) is 11.2. The third-order valence-corrected chi connectivity index (χ3v) is 6.07. The number of aliphatic hydroxyl groups is 1. The highest BCUT2D eigenvalue weighted by Gasteiger charge is 2.25. The second-order valence-corrected chi connectivity index (χ2v) is 8.67. The maximum Gasteiger partial charge on any atom is 0.274 e. The zero-order valence-corrected chi connectivity index (χ0v) is 18.5. The van der Waals surface area contributed by atoms with Crippen molar-refractivity contribution >= 4 is 11.6 Å². The molecule has 1 aromatic carbocycles. The first-order chi connectivity index (χ1) is 15.0. The fraction of sp³-hybridized carbons (Fsp3) is 0.440. The summed E-state index contributed by atoms with van der Waals surface area (Å²) < 4.78 is 2.02. The first kappa shape index (κ1) is 21.5. The molecule has 3 aromatic rings. The smallest absolute Gasteiger partial charge is 0.274 e. The van der Waals surface area contributed by atoms with Gasteiger partial charge in [0.2, 0.25) is 0 Å². The van der Waals surface area contributed by atoms with Crippen LogP contribution in [0, 0.1) is 6.92 Å². The highest BCUT2D eigenvalue weighted by atomic mass is 16.3. The Hall–Kier alpha value is -2.70. The Morgan fingerprint density at radius 1 is 1.13 bits per heavy atom. The van der Waals surface area contributed by atoms with Crippen molar-refractivity contribution in [2.24, 2.45) is 0 Å². The number of pyridine rings is 1. The van der Waals surface area contributed by atoms with E-state index in [1.165, 1.54) is 12.8 Å². The number of nitrogens with zero attached hydrogens (tertiary/aromatic N) is 4. The molecule has 6 nitrogen and oxygen atoms in total. The van der Waals surface area contributed by atoms with Gasteiger partial charge in [0, 0.05) is 32.4 Å². The van der Waals surface area contributed by atoms with Crippen molar-refractivity contribution in [3.05, 3.63) is 71.2 Å². The van der Waals surface area contributed by atoms with Gasteiger partial charge in [-0.15, -0.1) is 0 Å². The van der Waals surface area contributed by atoms with Gasteiger partial charge in [-0.2, -0.15) is 0 Å². The third-order valence-electron chi connectivity index (χ3n) is 6.07. The Kier molecular flexibility index (Phi) is 6.68. The molecule has 1 amide bonds. The van der Waals surface area contributed by atoms with Crippen molar-refractivity contribution in [2.45, 2.75) is 45.3 Å². The molecular formula is C25H32N4O2. The van der Waals surface area contributed by atoms with Crippen LogP contribution in [0.5, 0.6) is 0 Å². The van der Waals surface area contributed by atoms with Crippen LogP contribution in [-0.4, -0.2) is 56.9 Å². The standard InChI is InChI=1S/C25H32N4O2/c1-19-12-15-29-21(17-27(2)18-22(30)20-10-6-5-7-11-20)24(26-23(29)16-19)25(31)28-13-8-3-4-9-14-28/h5-7,10-12,15-16,22,30H,3-4,8-9,13-14,17-18H2,1-2H3. The molecular weight excluding hydrogens is 388 g/mol. The van der Waals surface area contributed by atoms with Gasteiger partial charge in [-0.05, 0) is 50.1 Å². The lowest BCUT2D eigenvalue weighted by molar-refractivity contribution is 0.0753. The van der Waals surface area contributed by atoms with E-state index < -0.39 is 6.10 Å². The monoisotopic (exact) mass is 420 g/mol. The Labute approximate surface area is 184 Å². The maximum atomic E-state index is 13.4. The van der Waals surface area contributed by atoms with Crippen molar-refractivity contribution in [3.63, 3.8) is 0 Å². The van der Waals surface area contributed by atoms with Gasteiger partial charge < -0.3 is 14.4 Å². The molecule has 1 aliphatic rings. The van der Waals surface area contributed by atoms with Gasteiger partial charge in [0.25, 0.3) is 5.91 Å². The second-order valence-electron chi connectivity index (χ2n) is 8.67. The zero-order valence-electron chi connectivity index (χ0n) is 18.5. The van der Waals surface area contributed by atoms with E-state index in [2.05, 4.69) is 4.90 Å². The second kappa shape index (κ2) is 9.62. The number of carbonyl (C=O) groups excluding carboxylic acids is 1. The van der Waals surface area contributed by atoms with Gasteiger partial charge in [-0.25, -0.2) is 4.98 Å². The normalized spacial score (nSPS) is 15.9. The van der Waals surface area contributed by atoms with E-state index in [1.54, 1.807) is 0 Å². The predicted molar refractivity (Wildman–Crippen MR) is 122 cm³/mol. The summed E-state index contributed by atoms with van der Waals surface area (Å²) in [4.78, 5) is 22.2. The van der Waals surface area contributed by atoms with Crippen molar-refractivity contribution in [1.29, 1.82) is 0 Å². The number of aryl methyl sites for hydroxylation is 1. The number of aromatic nitrogens is 2. The lowest BCUT2D eigenvalue weighted by atomic mass is 10.1. The van der Waals surface area contributed by atoms with Crippen molar-refractivity contribution in [3.8, 4) is 0 Å². The number of carbonyl (C=O) groups is 1. The van der Waals surface area contributed by atoms with Gasteiger partial charge in [-0.3, -0.25) is 9.69 Å². The number of hydrogen-bond donors (Lipinski definition) is 1. The maximum absolute atomic E-state index is 13.4. The molecule has 2 aromatic heterocycles. The SMILES string of the molecule is Cc1ccn2c(CN(C)CC(O)c3ccccc3)c(C(=O)N3CCCCCC3)nc2c1. The molecule has 0 spiro atoms. The van der Waals surface area contributed by atoms with Crippen molar-refractivity contribution in [1.82, 2.24) is 19.2 Å². The van der Waals surface area contributed by atoms with Crippen molar-refractivity contribution in [2.75, 3.05) is 26.7 Å². The number of likely N-dealkylation sites (tertiary alicyclic amines) is 1. The van der Waals surface area contributed by atoms with Crippen LogP contribution in [0.4, 0.5) is 0 Å². The topological polar surface area (TPSA) is 61.1 Å². The summed E-state index contributed by atoms with van der Waals surface area (Å²) >= 11 is 0. The minimum Gasteiger partial charge on any atom is -0.387 e. The van der Waals surface area contributed by atoms with E-state index in [4.69, 9.17) is 4.98 Å². The molecule has 1 N–H and O–H groups in total. The summed E-state index contributed by atoms with van der Waals surface area (Å²) in [6, 6.07) is 13.7. The molecule has 1 aliphatic heterocycles. The largest absolute Gasteiger partial charge is 0.387 e. The molecule has 31 heavy (non-hydrogen) atoms. The number of fused-ring (bicyclic) bond motifs is 1. The number of likely N-dealkylation sites (N-methyl/N-ethyl adjacent to an activating group) is 1. The molecule has 0 radical (unpaired) electrons. The first-order valence-electron chi connectivity index (χ1n) is 11.2. The fourth-order valence-corrected chi connectivity index (χ4v) is 4.34. The van der Waals surface area contributed by atoms with Gasteiger partial charge in [-0.1, -0.05) is 43.2 Å². The Balaban J connectivity index is 1.60. The zero-order chi connectivity index (χ0) is 21.8. The molecule has 0 aliphatic carbocycles.